The molecule has 1 aliphatic rings. The molecule has 1 aliphatic heterocycles. The van der Waals surface area contributed by atoms with Crippen LogP contribution in [0.2, 0.25) is 0 Å². The monoisotopic (exact) mass is 412 g/mol. The van der Waals surface area contributed by atoms with Gasteiger partial charge in [-0.05, 0) is 56.2 Å². The van der Waals surface area contributed by atoms with Crippen molar-refractivity contribution < 1.29 is 14.4 Å². The van der Waals surface area contributed by atoms with E-state index in [1.54, 1.807) is 35.2 Å². The van der Waals surface area contributed by atoms with Crippen molar-refractivity contribution in [2.75, 3.05) is 18.0 Å². The van der Waals surface area contributed by atoms with E-state index in [0.717, 1.165) is 22.4 Å². The third-order valence-electron chi connectivity index (χ3n) is 5.69. The van der Waals surface area contributed by atoms with Gasteiger partial charge in [0, 0.05) is 24.3 Å². The number of fused-ring (bicyclic) bond motifs is 1. The SMILES string of the molecule is Cc1ccc(N(CCN2C(=O)c3ccccc3C2=O)C(=O)c2ccccc2C)c(C)c1. The summed E-state index contributed by atoms with van der Waals surface area (Å²) in [6.45, 7) is 6.20. The molecule has 0 spiro atoms. The minimum absolute atomic E-state index is 0.122. The minimum Gasteiger partial charge on any atom is -0.306 e. The Balaban J connectivity index is 1.66. The highest BCUT2D eigenvalue weighted by Crippen LogP contribution is 2.26. The molecule has 0 unspecified atom stereocenters. The first-order chi connectivity index (χ1) is 14.9. The first-order valence-corrected chi connectivity index (χ1v) is 10.3. The summed E-state index contributed by atoms with van der Waals surface area (Å²) in [5.74, 6) is -0.782. The maximum atomic E-state index is 13.5. The van der Waals surface area contributed by atoms with Gasteiger partial charge >= 0.3 is 0 Å². The largest absolute Gasteiger partial charge is 0.306 e. The highest BCUT2D eigenvalue weighted by Gasteiger charge is 2.35. The summed E-state index contributed by atoms with van der Waals surface area (Å²) in [6, 6.07) is 20.2. The van der Waals surface area contributed by atoms with Crippen LogP contribution in [0, 0.1) is 20.8 Å². The van der Waals surface area contributed by atoms with E-state index in [9.17, 15) is 14.4 Å². The summed E-state index contributed by atoms with van der Waals surface area (Å²) in [4.78, 5) is 41.9. The van der Waals surface area contributed by atoms with Crippen molar-refractivity contribution in [2.24, 2.45) is 0 Å². The van der Waals surface area contributed by atoms with Crippen LogP contribution in [0.25, 0.3) is 0 Å². The van der Waals surface area contributed by atoms with Gasteiger partial charge in [-0.2, -0.15) is 0 Å². The van der Waals surface area contributed by atoms with Gasteiger partial charge in [0.1, 0.15) is 0 Å². The van der Waals surface area contributed by atoms with Crippen molar-refractivity contribution in [2.45, 2.75) is 20.8 Å². The maximum absolute atomic E-state index is 13.5. The lowest BCUT2D eigenvalue weighted by atomic mass is 10.1. The first kappa shape index (κ1) is 20.5. The van der Waals surface area contributed by atoms with Crippen LogP contribution in [0.15, 0.2) is 66.7 Å². The van der Waals surface area contributed by atoms with Gasteiger partial charge < -0.3 is 4.90 Å². The number of imide groups is 1. The number of hydrogen-bond donors (Lipinski definition) is 0. The molecule has 31 heavy (non-hydrogen) atoms. The number of hydrogen-bond acceptors (Lipinski definition) is 3. The average Bonchev–Trinajstić information content (AvgIpc) is 3.00. The third kappa shape index (κ3) is 3.75. The summed E-state index contributed by atoms with van der Waals surface area (Å²) in [7, 11) is 0. The normalized spacial score (nSPS) is 12.8. The fourth-order valence-electron chi connectivity index (χ4n) is 4.04. The Bertz CT molecular complexity index is 1160. The van der Waals surface area contributed by atoms with Gasteiger partial charge in [0.05, 0.1) is 11.1 Å². The van der Waals surface area contributed by atoms with Crippen LogP contribution in [0.1, 0.15) is 47.8 Å². The standard InChI is InChI=1S/C26H24N2O3/c1-17-12-13-23(19(3)16-17)27(24(29)20-9-5-4-8-18(20)2)14-15-28-25(30)21-10-6-7-11-22(21)26(28)31/h4-13,16H,14-15H2,1-3H3. The minimum atomic E-state index is -0.315. The lowest BCUT2D eigenvalue weighted by Crippen LogP contribution is -2.41. The van der Waals surface area contributed by atoms with Gasteiger partial charge in [-0.1, -0.05) is 48.0 Å². The lowest BCUT2D eigenvalue weighted by molar-refractivity contribution is 0.0654. The molecule has 0 saturated heterocycles. The number of anilines is 1. The number of carbonyl (C=O) groups excluding carboxylic acids is 3. The molecule has 0 radical (unpaired) electrons. The van der Waals surface area contributed by atoms with Crippen molar-refractivity contribution >= 4 is 23.4 Å². The second-order valence-electron chi connectivity index (χ2n) is 7.87. The first-order valence-electron chi connectivity index (χ1n) is 10.3. The predicted molar refractivity (Wildman–Crippen MR) is 121 cm³/mol. The van der Waals surface area contributed by atoms with E-state index in [1.165, 1.54) is 4.90 Å². The van der Waals surface area contributed by atoms with Gasteiger partial charge in [0.25, 0.3) is 17.7 Å². The highest BCUT2D eigenvalue weighted by molar-refractivity contribution is 6.21. The van der Waals surface area contributed by atoms with E-state index in [0.29, 0.717) is 16.7 Å². The predicted octanol–water partition coefficient (Wildman–Crippen LogP) is 4.55. The Morgan fingerprint density at radius 1 is 0.806 bits per heavy atom. The zero-order valence-corrected chi connectivity index (χ0v) is 17.9. The second kappa shape index (κ2) is 8.19. The molecule has 0 bridgehead atoms. The molecule has 1 heterocycles. The fourth-order valence-corrected chi connectivity index (χ4v) is 4.04. The molecule has 3 aromatic rings. The molecule has 5 nitrogen and oxygen atoms in total. The Morgan fingerprint density at radius 2 is 1.42 bits per heavy atom. The molecular weight excluding hydrogens is 388 g/mol. The molecule has 0 saturated carbocycles. The van der Waals surface area contributed by atoms with Gasteiger partial charge in [0.15, 0.2) is 0 Å². The number of rotatable bonds is 5. The molecule has 0 fully saturated rings. The van der Waals surface area contributed by atoms with Crippen LogP contribution in [0.5, 0.6) is 0 Å². The molecular formula is C26H24N2O3. The van der Waals surface area contributed by atoms with Gasteiger partial charge in [-0.25, -0.2) is 0 Å². The number of aryl methyl sites for hydroxylation is 3. The summed E-state index contributed by atoms with van der Waals surface area (Å²) < 4.78 is 0. The molecule has 156 valence electrons. The Hall–Kier alpha value is -3.73. The molecule has 0 atom stereocenters. The summed E-state index contributed by atoms with van der Waals surface area (Å²) in [5.41, 5.74) is 5.14. The van der Waals surface area contributed by atoms with E-state index in [-0.39, 0.29) is 30.8 Å². The lowest BCUT2D eigenvalue weighted by Gasteiger charge is -2.27. The number of benzene rings is 3. The van der Waals surface area contributed by atoms with Gasteiger partial charge in [-0.15, -0.1) is 0 Å². The highest BCUT2D eigenvalue weighted by atomic mass is 16.2. The Morgan fingerprint density at radius 3 is 2.03 bits per heavy atom. The van der Waals surface area contributed by atoms with E-state index >= 15 is 0 Å². The van der Waals surface area contributed by atoms with E-state index in [4.69, 9.17) is 0 Å². The Labute approximate surface area is 181 Å². The van der Waals surface area contributed by atoms with Crippen LogP contribution in [-0.4, -0.2) is 35.7 Å². The third-order valence-corrected chi connectivity index (χ3v) is 5.69. The quantitative estimate of drug-likeness (QED) is 0.578. The van der Waals surface area contributed by atoms with Crippen LogP contribution >= 0.6 is 0 Å². The van der Waals surface area contributed by atoms with Crippen LogP contribution in [0.3, 0.4) is 0 Å². The number of nitrogens with zero attached hydrogens (tertiary/aromatic N) is 2. The summed E-state index contributed by atoms with van der Waals surface area (Å²) in [6.07, 6.45) is 0. The molecule has 0 aliphatic carbocycles. The topological polar surface area (TPSA) is 57.7 Å². The van der Waals surface area contributed by atoms with Crippen LogP contribution < -0.4 is 4.90 Å². The van der Waals surface area contributed by atoms with E-state index in [1.807, 2.05) is 57.2 Å². The smallest absolute Gasteiger partial charge is 0.261 e. The fraction of sp³-hybridized carbons (Fsp3) is 0.192. The van der Waals surface area contributed by atoms with Crippen molar-refractivity contribution in [1.29, 1.82) is 0 Å². The number of amides is 3. The van der Waals surface area contributed by atoms with Crippen molar-refractivity contribution in [3.8, 4) is 0 Å². The van der Waals surface area contributed by atoms with E-state index in [2.05, 4.69) is 0 Å². The molecule has 0 N–H and O–H groups in total. The zero-order valence-electron chi connectivity index (χ0n) is 17.9. The van der Waals surface area contributed by atoms with Crippen molar-refractivity contribution in [1.82, 2.24) is 4.90 Å². The van der Waals surface area contributed by atoms with Crippen molar-refractivity contribution in [3.05, 3.63) is 100 Å². The molecule has 3 aromatic carbocycles. The Kier molecular flexibility index (Phi) is 5.42. The summed E-state index contributed by atoms with van der Waals surface area (Å²) >= 11 is 0. The van der Waals surface area contributed by atoms with Crippen LogP contribution in [-0.2, 0) is 0 Å². The van der Waals surface area contributed by atoms with E-state index < -0.39 is 0 Å². The van der Waals surface area contributed by atoms with Gasteiger partial charge in [0.2, 0.25) is 0 Å². The van der Waals surface area contributed by atoms with Gasteiger partial charge in [-0.3, -0.25) is 19.3 Å². The molecule has 0 aromatic heterocycles. The second-order valence-corrected chi connectivity index (χ2v) is 7.87. The molecule has 5 heteroatoms. The average molecular weight is 412 g/mol. The van der Waals surface area contributed by atoms with Crippen LogP contribution in [0.4, 0.5) is 5.69 Å². The molecule has 3 amide bonds. The number of carbonyl (C=O) groups is 3. The van der Waals surface area contributed by atoms with Crippen molar-refractivity contribution in [3.63, 3.8) is 0 Å². The maximum Gasteiger partial charge on any atom is 0.261 e. The summed E-state index contributed by atoms with van der Waals surface area (Å²) in [5, 5.41) is 0. The molecule has 4 rings (SSSR count). The zero-order chi connectivity index (χ0) is 22.1.